The van der Waals surface area contributed by atoms with E-state index in [1.54, 1.807) is 18.2 Å². The molecule has 1 aromatic heterocycles. The summed E-state index contributed by atoms with van der Waals surface area (Å²) in [7, 11) is 0. The standard InChI is InChI=1S/C13H15Cl2N3O/c1-3-13(16,4-2)12-17-11(18-19-12)8-5-9(14)7-10(15)6-8/h5-7H,3-4,16H2,1-2H3. The predicted octanol–water partition coefficient (Wildman–Crippen LogP) is 4.02. The summed E-state index contributed by atoms with van der Waals surface area (Å²) in [6.07, 6.45) is 1.45. The SMILES string of the molecule is CCC(N)(CC)c1nc(-c2cc(Cl)cc(Cl)c2)no1. The molecule has 2 N–H and O–H groups in total. The Balaban J connectivity index is 2.40. The monoisotopic (exact) mass is 299 g/mol. The summed E-state index contributed by atoms with van der Waals surface area (Å²) in [6.45, 7) is 3.98. The number of halogens is 2. The van der Waals surface area contributed by atoms with Crippen molar-refractivity contribution in [1.82, 2.24) is 10.1 Å². The van der Waals surface area contributed by atoms with Crippen molar-refractivity contribution in [2.45, 2.75) is 32.2 Å². The maximum atomic E-state index is 6.22. The fraction of sp³-hybridized carbons (Fsp3) is 0.385. The first-order valence-electron chi connectivity index (χ1n) is 6.08. The van der Waals surface area contributed by atoms with Gasteiger partial charge in [-0.3, -0.25) is 0 Å². The first kappa shape index (κ1) is 14.3. The summed E-state index contributed by atoms with van der Waals surface area (Å²) in [4.78, 5) is 4.36. The van der Waals surface area contributed by atoms with Crippen molar-refractivity contribution < 1.29 is 4.52 Å². The number of benzene rings is 1. The Bertz CT molecular complexity index is 559. The lowest BCUT2D eigenvalue weighted by atomic mass is 9.94. The Hall–Kier alpha value is -1.10. The molecule has 0 atom stereocenters. The smallest absolute Gasteiger partial charge is 0.247 e. The predicted molar refractivity (Wildman–Crippen MR) is 76.2 cm³/mol. The number of aromatic nitrogens is 2. The van der Waals surface area contributed by atoms with Crippen LogP contribution in [0.4, 0.5) is 0 Å². The molecule has 1 aromatic carbocycles. The summed E-state index contributed by atoms with van der Waals surface area (Å²) in [6, 6.07) is 5.12. The van der Waals surface area contributed by atoms with Gasteiger partial charge in [-0.25, -0.2) is 0 Å². The maximum absolute atomic E-state index is 6.22. The molecule has 0 aliphatic carbocycles. The van der Waals surface area contributed by atoms with Crippen LogP contribution in [0.25, 0.3) is 11.4 Å². The number of nitrogens with zero attached hydrogens (tertiary/aromatic N) is 2. The third kappa shape index (κ3) is 2.91. The Morgan fingerprint density at radius 1 is 1.16 bits per heavy atom. The fourth-order valence-corrected chi connectivity index (χ4v) is 2.30. The highest BCUT2D eigenvalue weighted by atomic mass is 35.5. The lowest BCUT2D eigenvalue weighted by Gasteiger charge is -2.20. The molecule has 6 heteroatoms. The lowest BCUT2D eigenvalue weighted by molar-refractivity contribution is 0.268. The Labute approximate surface area is 121 Å². The zero-order valence-corrected chi connectivity index (χ0v) is 12.3. The molecule has 0 saturated carbocycles. The van der Waals surface area contributed by atoms with Crippen LogP contribution >= 0.6 is 23.2 Å². The molecule has 1 heterocycles. The zero-order valence-electron chi connectivity index (χ0n) is 10.8. The van der Waals surface area contributed by atoms with E-state index in [9.17, 15) is 0 Å². The van der Waals surface area contributed by atoms with Crippen molar-refractivity contribution in [3.05, 3.63) is 34.1 Å². The van der Waals surface area contributed by atoms with E-state index in [0.29, 0.717) is 27.3 Å². The molecule has 102 valence electrons. The molecule has 0 spiro atoms. The number of nitrogens with two attached hydrogens (primary N) is 1. The van der Waals surface area contributed by atoms with E-state index in [1.165, 1.54) is 0 Å². The van der Waals surface area contributed by atoms with E-state index < -0.39 is 5.54 Å². The highest BCUT2D eigenvalue weighted by Gasteiger charge is 2.30. The molecular formula is C13H15Cl2N3O. The van der Waals surface area contributed by atoms with Gasteiger partial charge in [0.2, 0.25) is 11.7 Å². The minimum Gasteiger partial charge on any atom is -0.337 e. The molecule has 0 aliphatic rings. The zero-order chi connectivity index (χ0) is 14.0. The van der Waals surface area contributed by atoms with Crippen molar-refractivity contribution in [2.75, 3.05) is 0 Å². The minimum atomic E-state index is -0.590. The van der Waals surface area contributed by atoms with Gasteiger partial charge in [0.15, 0.2) is 0 Å². The van der Waals surface area contributed by atoms with Crippen molar-refractivity contribution in [2.24, 2.45) is 5.73 Å². The van der Waals surface area contributed by atoms with Crippen LogP contribution in [0, 0.1) is 0 Å². The topological polar surface area (TPSA) is 64.9 Å². The third-order valence-corrected chi connectivity index (χ3v) is 3.67. The van der Waals surface area contributed by atoms with Gasteiger partial charge in [0.05, 0.1) is 5.54 Å². The van der Waals surface area contributed by atoms with E-state index in [4.69, 9.17) is 33.5 Å². The van der Waals surface area contributed by atoms with E-state index in [1.807, 2.05) is 13.8 Å². The second-order valence-corrected chi connectivity index (χ2v) is 5.32. The van der Waals surface area contributed by atoms with Gasteiger partial charge in [-0.15, -0.1) is 0 Å². The van der Waals surface area contributed by atoms with Gasteiger partial charge in [-0.05, 0) is 31.0 Å². The highest BCUT2D eigenvalue weighted by Crippen LogP contribution is 2.29. The molecule has 0 fully saturated rings. The molecular weight excluding hydrogens is 285 g/mol. The summed E-state index contributed by atoms with van der Waals surface area (Å²) < 4.78 is 5.27. The van der Waals surface area contributed by atoms with E-state index in [-0.39, 0.29) is 0 Å². The molecule has 4 nitrogen and oxygen atoms in total. The molecule has 0 bridgehead atoms. The normalized spacial score (nSPS) is 11.8. The van der Waals surface area contributed by atoms with Crippen molar-refractivity contribution >= 4 is 23.2 Å². The number of hydrogen-bond acceptors (Lipinski definition) is 4. The molecule has 2 aromatic rings. The number of rotatable bonds is 4. The Morgan fingerprint density at radius 2 is 1.74 bits per heavy atom. The van der Waals surface area contributed by atoms with E-state index in [2.05, 4.69) is 10.1 Å². The van der Waals surface area contributed by atoms with Gasteiger partial charge in [0, 0.05) is 15.6 Å². The van der Waals surface area contributed by atoms with Gasteiger partial charge >= 0.3 is 0 Å². The summed E-state index contributed by atoms with van der Waals surface area (Å²) in [5.41, 5.74) is 6.34. The molecule has 19 heavy (non-hydrogen) atoms. The second-order valence-electron chi connectivity index (χ2n) is 4.44. The first-order chi connectivity index (χ1) is 8.98. The molecule has 0 saturated heterocycles. The quantitative estimate of drug-likeness (QED) is 0.926. The van der Waals surface area contributed by atoms with Gasteiger partial charge in [-0.1, -0.05) is 42.2 Å². The maximum Gasteiger partial charge on any atom is 0.247 e. The van der Waals surface area contributed by atoms with Crippen LogP contribution in [0.3, 0.4) is 0 Å². The van der Waals surface area contributed by atoms with E-state index in [0.717, 1.165) is 12.8 Å². The molecule has 0 aliphatic heterocycles. The van der Waals surface area contributed by atoms with Crippen molar-refractivity contribution in [3.63, 3.8) is 0 Å². The lowest BCUT2D eigenvalue weighted by Crippen LogP contribution is -2.35. The van der Waals surface area contributed by atoms with Gasteiger partial charge in [0.1, 0.15) is 0 Å². The van der Waals surface area contributed by atoms with E-state index >= 15 is 0 Å². The molecule has 0 amide bonds. The third-order valence-electron chi connectivity index (χ3n) is 3.23. The summed E-state index contributed by atoms with van der Waals surface area (Å²) >= 11 is 11.9. The number of hydrogen-bond donors (Lipinski definition) is 1. The van der Waals surface area contributed by atoms with Gasteiger partial charge < -0.3 is 10.3 Å². The second kappa shape index (κ2) is 5.49. The summed E-state index contributed by atoms with van der Waals surface area (Å²) in [5.74, 6) is 0.875. The van der Waals surface area contributed by atoms with Crippen LogP contribution < -0.4 is 5.73 Å². The fourth-order valence-electron chi connectivity index (χ4n) is 1.78. The van der Waals surface area contributed by atoms with Crippen LogP contribution in [0.1, 0.15) is 32.6 Å². The van der Waals surface area contributed by atoms with Crippen molar-refractivity contribution in [3.8, 4) is 11.4 Å². The Morgan fingerprint density at radius 3 is 2.26 bits per heavy atom. The minimum absolute atomic E-state index is 0.434. The van der Waals surface area contributed by atoms with Gasteiger partial charge in [-0.2, -0.15) is 4.98 Å². The highest BCUT2D eigenvalue weighted by molar-refractivity contribution is 6.35. The summed E-state index contributed by atoms with van der Waals surface area (Å²) in [5, 5.41) is 5.00. The van der Waals surface area contributed by atoms with Crippen LogP contribution in [0.15, 0.2) is 22.7 Å². The van der Waals surface area contributed by atoms with Crippen LogP contribution in [0.2, 0.25) is 10.0 Å². The average Bonchev–Trinajstić information content (AvgIpc) is 2.87. The molecule has 0 unspecified atom stereocenters. The average molecular weight is 300 g/mol. The largest absolute Gasteiger partial charge is 0.337 e. The Kier molecular flexibility index (Phi) is 4.13. The van der Waals surface area contributed by atoms with Crippen LogP contribution in [-0.2, 0) is 5.54 Å². The van der Waals surface area contributed by atoms with Crippen LogP contribution in [-0.4, -0.2) is 10.1 Å². The molecule has 2 rings (SSSR count). The first-order valence-corrected chi connectivity index (χ1v) is 6.83. The van der Waals surface area contributed by atoms with Gasteiger partial charge in [0.25, 0.3) is 0 Å². The van der Waals surface area contributed by atoms with Crippen LogP contribution in [0.5, 0.6) is 0 Å². The van der Waals surface area contributed by atoms with Crippen molar-refractivity contribution in [1.29, 1.82) is 0 Å². The molecule has 0 radical (unpaired) electrons.